The molecule has 3 atom stereocenters. The third-order valence-corrected chi connectivity index (χ3v) is 5.11. The molecule has 3 aliphatic rings. The molecule has 3 aliphatic carbocycles. The molecular formula is C13H23N. The van der Waals surface area contributed by atoms with Gasteiger partial charge in [-0.1, -0.05) is 25.7 Å². The summed E-state index contributed by atoms with van der Waals surface area (Å²) in [7, 11) is 0. The van der Waals surface area contributed by atoms with E-state index in [-0.39, 0.29) is 0 Å². The van der Waals surface area contributed by atoms with Crippen molar-refractivity contribution in [2.75, 3.05) is 0 Å². The predicted molar refractivity (Wildman–Crippen MR) is 58.9 cm³/mol. The van der Waals surface area contributed by atoms with Gasteiger partial charge in [0.15, 0.2) is 0 Å². The largest absolute Gasteiger partial charge is 0.327 e. The summed E-state index contributed by atoms with van der Waals surface area (Å²) in [5, 5.41) is 0. The molecule has 14 heavy (non-hydrogen) atoms. The molecule has 0 saturated heterocycles. The highest BCUT2D eigenvalue weighted by molar-refractivity contribution is 5.06. The van der Waals surface area contributed by atoms with Crippen LogP contribution in [0.25, 0.3) is 0 Å². The summed E-state index contributed by atoms with van der Waals surface area (Å²) < 4.78 is 0. The second-order valence-corrected chi connectivity index (χ2v) is 5.81. The molecule has 0 heterocycles. The van der Waals surface area contributed by atoms with Crippen molar-refractivity contribution in [1.29, 1.82) is 0 Å². The fraction of sp³-hybridized carbons (Fsp3) is 1.00. The van der Waals surface area contributed by atoms with Gasteiger partial charge in [-0.2, -0.15) is 0 Å². The van der Waals surface area contributed by atoms with E-state index in [0.29, 0.717) is 6.04 Å². The maximum absolute atomic E-state index is 6.44. The van der Waals surface area contributed by atoms with Gasteiger partial charge in [0.05, 0.1) is 0 Å². The Balaban J connectivity index is 1.57. The maximum Gasteiger partial charge on any atom is 0.0101 e. The van der Waals surface area contributed by atoms with Crippen LogP contribution in [-0.4, -0.2) is 6.04 Å². The molecular weight excluding hydrogens is 170 g/mol. The van der Waals surface area contributed by atoms with Gasteiger partial charge in [0.25, 0.3) is 0 Å². The van der Waals surface area contributed by atoms with Crippen LogP contribution in [0, 0.1) is 23.7 Å². The van der Waals surface area contributed by atoms with Crippen molar-refractivity contribution in [3.8, 4) is 0 Å². The van der Waals surface area contributed by atoms with E-state index in [2.05, 4.69) is 0 Å². The van der Waals surface area contributed by atoms with E-state index < -0.39 is 0 Å². The lowest BCUT2D eigenvalue weighted by atomic mass is 9.81. The van der Waals surface area contributed by atoms with E-state index in [1.807, 2.05) is 0 Å². The van der Waals surface area contributed by atoms with E-state index in [9.17, 15) is 0 Å². The first-order valence-corrected chi connectivity index (χ1v) is 6.63. The molecule has 0 aromatic heterocycles. The van der Waals surface area contributed by atoms with Gasteiger partial charge in [-0.15, -0.1) is 0 Å². The van der Waals surface area contributed by atoms with Crippen LogP contribution in [-0.2, 0) is 0 Å². The van der Waals surface area contributed by atoms with Crippen LogP contribution in [0.5, 0.6) is 0 Å². The molecule has 0 radical (unpaired) electrons. The average Bonchev–Trinajstić information content (AvgIpc) is 2.72. The molecule has 3 saturated carbocycles. The van der Waals surface area contributed by atoms with Crippen molar-refractivity contribution in [1.82, 2.24) is 0 Å². The summed E-state index contributed by atoms with van der Waals surface area (Å²) in [5.41, 5.74) is 6.44. The number of fused-ring (bicyclic) bond motifs is 1. The summed E-state index contributed by atoms with van der Waals surface area (Å²) >= 11 is 0. The Morgan fingerprint density at radius 3 is 2.07 bits per heavy atom. The molecule has 3 fully saturated rings. The fourth-order valence-electron chi connectivity index (χ4n) is 4.28. The van der Waals surface area contributed by atoms with Gasteiger partial charge < -0.3 is 5.73 Å². The van der Waals surface area contributed by atoms with Crippen LogP contribution in [0.3, 0.4) is 0 Å². The van der Waals surface area contributed by atoms with Crippen molar-refractivity contribution in [3.05, 3.63) is 0 Å². The first kappa shape index (κ1) is 9.21. The summed E-state index contributed by atoms with van der Waals surface area (Å²) in [5.74, 6) is 3.96. The highest BCUT2D eigenvalue weighted by Gasteiger charge is 2.55. The first-order chi connectivity index (χ1) is 6.88. The molecule has 3 unspecified atom stereocenters. The molecule has 0 bridgehead atoms. The zero-order valence-corrected chi connectivity index (χ0v) is 9.12. The molecule has 0 aliphatic heterocycles. The Hall–Kier alpha value is -0.0400. The first-order valence-electron chi connectivity index (χ1n) is 6.63. The van der Waals surface area contributed by atoms with Gasteiger partial charge in [0.1, 0.15) is 0 Å². The predicted octanol–water partition coefficient (Wildman–Crippen LogP) is 2.94. The lowest BCUT2D eigenvalue weighted by molar-refractivity contribution is 0.269. The molecule has 0 aromatic carbocycles. The third-order valence-electron chi connectivity index (χ3n) is 5.11. The summed E-state index contributed by atoms with van der Waals surface area (Å²) in [6, 6.07) is 0.575. The number of rotatable bonds is 2. The Morgan fingerprint density at radius 1 is 0.786 bits per heavy atom. The normalized spacial score (nSPS) is 44.8. The molecule has 2 N–H and O–H groups in total. The molecule has 1 nitrogen and oxygen atoms in total. The van der Waals surface area contributed by atoms with Crippen LogP contribution < -0.4 is 5.73 Å². The second-order valence-electron chi connectivity index (χ2n) is 5.81. The Bertz CT molecular complexity index is 195. The average molecular weight is 193 g/mol. The SMILES string of the molecule is NC(C1CCCCC1)C1C2CCCC21. The van der Waals surface area contributed by atoms with Crippen LogP contribution in [0.15, 0.2) is 0 Å². The molecule has 0 amide bonds. The molecule has 1 heteroatoms. The molecule has 3 rings (SSSR count). The van der Waals surface area contributed by atoms with E-state index in [1.165, 1.54) is 51.4 Å². The lowest BCUT2D eigenvalue weighted by Crippen LogP contribution is -2.35. The number of hydrogen-bond donors (Lipinski definition) is 1. The Labute approximate surface area is 87.4 Å². The maximum atomic E-state index is 6.44. The van der Waals surface area contributed by atoms with Crippen LogP contribution in [0.1, 0.15) is 51.4 Å². The van der Waals surface area contributed by atoms with E-state index in [0.717, 1.165) is 23.7 Å². The smallest absolute Gasteiger partial charge is 0.0101 e. The fourth-order valence-corrected chi connectivity index (χ4v) is 4.28. The number of hydrogen-bond acceptors (Lipinski definition) is 1. The van der Waals surface area contributed by atoms with Crippen molar-refractivity contribution < 1.29 is 0 Å². The van der Waals surface area contributed by atoms with Crippen molar-refractivity contribution >= 4 is 0 Å². The molecule has 0 spiro atoms. The van der Waals surface area contributed by atoms with Gasteiger partial charge >= 0.3 is 0 Å². The minimum absolute atomic E-state index is 0.575. The second kappa shape index (κ2) is 3.52. The highest BCUT2D eigenvalue weighted by Crippen LogP contribution is 2.60. The summed E-state index contributed by atoms with van der Waals surface area (Å²) in [4.78, 5) is 0. The molecule has 0 aromatic rings. The highest BCUT2D eigenvalue weighted by atomic mass is 14.8. The zero-order chi connectivity index (χ0) is 9.54. The number of nitrogens with two attached hydrogens (primary N) is 1. The van der Waals surface area contributed by atoms with Crippen LogP contribution >= 0.6 is 0 Å². The quantitative estimate of drug-likeness (QED) is 0.717. The monoisotopic (exact) mass is 193 g/mol. The Morgan fingerprint density at radius 2 is 1.43 bits per heavy atom. The van der Waals surface area contributed by atoms with Crippen molar-refractivity contribution in [2.45, 2.75) is 57.4 Å². The van der Waals surface area contributed by atoms with E-state index >= 15 is 0 Å². The topological polar surface area (TPSA) is 26.0 Å². The van der Waals surface area contributed by atoms with Gasteiger partial charge in [0, 0.05) is 6.04 Å². The van der Waals surface area contributed by atoms with Gasteiger partial charge in [-0.25, -0.2) is 0 Å². The zero-order valence-electron chi connectivity index (χ0n) is 9.12. The minimum Gasteiger partial charge on any atom is -0.327 e. The third kappa shape index (κ3) is 1.41. The summed E-state index contributed by atoms with van der Waals surface area (Å²) in [6.07, 6.45) is 11.7. The Kier molecular flexibility index (Phi) is 2.31. The van der Waals surface area contributed by atoms with Crippen molar-refractivity contribution in [2.24, 2.45) is 29.4 Å². The van der Waals surface area contributed by atoms with Gasteiger partial charge in [-0.05, 0) is 49.4 Å². The van der Waals surface area contributed by atoms with Gasteiger partial charge in [0.2, 0.25) is 0 Å². The minimum atomic E-state index is 0.575. The summed E-state index contributed by atoms with van der Waals surface area (Å²) in [6.45, 7) is 0. The standard InChI is InChI=1S/C13H23N/c14-13(9-5-2-1-3-6-9)12-10-7-4-8-11(10)12/h9-13H,1-8,14H2. The van der Waals surface area contributed by atoms with E-state index in [1.54, 1.807) is 0 Å². The van der Waals surface area contributed by atoms with E-state index in [4.69, 9.17) is 5.73 Å². The van der Waals surface area contributed by atoms with Crippen molar-refractivity contribution in [3.63, 3.8) is 0 Å². The van der Waals surface area contributed by atoms with Gasteiger partial charge in [-0.3, -0.25) is 0 Å². The van der Waals surface area contributed by atoms with Crippen LogP contribution in [0.4, 0.5) is 0 Å². The molecule has 80 valence electrons. The lowest BCUT2D eigenvalue weighted by Gasteiger charge is -2.28. The van der Waals surface area contributed by atoms with Crippen LogP contribution in [0.2, 0.25) is 0 Å².